The third-order valence-electron chi connectivity index (χ3n) is 4.71. The van der Waals surface area contributed by atoms with Gasteiger partial charge in [-0.05, 0) is 47.9 Å². The number of halogens is 1. The zero-order valence-corrected chi connectivity index (χ0v) is 17.2. The number of hydrogen-bond donors (Lipinski definition) is 0. The molecular weight excluding hydrogens is 395 g/mol. The zero-order valence-electron chi connectivity index (χ0n) is 16.3. The van der Waals surface area contributed by atoms with E-state index < -0.39 is 15.8 Å². The van der Waals surface area contributed by atoms with Crippen molar-refractivity contribution < 1.29 is 22.3 Å². The first-order valence-corrected chi connectivity index (χ1v) is 10.8. The Morgan fingerprint density at radius 3 is 2.55 bits per heavy atom. The molecule has 0 saturated carbocycles. The first-order chi connectivity index (χ1) is 13.8. The van der Waals surface area contributed by atoms with Gasteiger partial charge in [0.05, 0.1) is 18.6 Å². The molecule has 154 valence electrons. The molecule has 1 fully saturated rings. The molecule has 1 aliphatic heterocycles. The Bertz CT molecular complexity index is 1020. The van der Waals surface area contributed by atoms with Crippen LogP contribution in [0.1, 0.15) is 17.5 Å². The molecule has 1 aliphatic rings. The Labute approximate surface area is 170 Å². The molecule has 8 heteroatoms. The summed E-state index contributed by atoms with van der Waals surface area (Å²) >= 11 is 0. The van der Waals surface area contributed by atoms with Gasteiger partial charge in [0.25, 0.3) is 0 Å². The summed E-state index contributed by atoms with van der Waals surface area (Å²) in [5, 5.41) is 0. The highest BCUT2D eigenvalue weighted by molar-refractivity contribution is 7.93. The normalized spacial score (nSPS) is 15.6. The molecule has 6 nitrogen and oxygen atoms in total. The molecular formula is C21H23FN2O4S. The summed E-state index contributed by atoms with van der Waals surface area (Å²) in [5.74, 6) is -0.366. The number of ether oxygens (including phenoxy) is 1. The van der Waals surface area contributed by atoms with Crippen LogP contribution >= 0.6 is 0 Å². The minimum atomic E-state index is -3.21. The molecule has 0 unspecified atom stereocenters. The topological polar surface area (TPSA) is 66.9 Å². The average molecular weight is 418 g/mol. The fourth-order valence-electron chi connectivity index (χ4n) is 3.14. The van der Waals surface area contributed by atoms with Crippen molar-refractivity contribution in [3.8, 4) is 5.75 Å². The molecule has 29 heavy (non-hydrogen) atoms. The lowest BCUT2D eigenvalue weighted by Crippen LogP contribution is -2.24. The Morgan fingerprint density at radius 2 is 1.97 bits per heavy atom. The van der Waals surface area contributed by atoms with E-state index in [0.717, 1.165) is 5.56 Å². The molecule has 1 amide bonds. The summed E-state index contributed by atoms with van der Waals surface area (Å²) in [7, 11) is -0.174. The van der Waals surface area contributed by atoms with Gasteiger partial charge in [0.1, 0.15) is 0 Å². The number of likely N-dealkylation sites (N-methyl/N-ethyl adjacent to an activating group) is 1. The standard InChI is InChI=1S/C21H23FN2O4S/c1-23(15-17-6-10-20(28-2)19(22)14-17)21(25)11-7-16-4-8-18(9-5-16)24-12-3-13-29(24,26)27/h4-11,14H,3,12-13,15H2,1-2H3/b11-7+. The van der Waals surface area contributed by atoms with Crippen molar-refractivity contribution in [3.05, 3.63) is 65.5 Å². The summed E-state index contributed by atoms with van der Waals surface area (Å²) in [4.78, 5) is 13.8. The Balaban J connectivity index is 1.61. The van der Waals surface area contributed by atoms with Crippen LogP contribution in [0.3, 0.4) is 0 Å². The molecule has 0 aromatic heterocycles. The predicted octanol–water partition coefficient (Wildman–Crippen LogP) is 3.05. The van der Waals surface area contributed by atoms with Gasteiger partial charge in [0.2, 0.25) is 15.9 Å². The number of amides is 1. The van der Waals surface area contributed by atoms with Crippen molar-refractivity contribution >= 4 is 27.7 Å². The van der Waals surface area contributed by atoms with Gasteiger partial charge in [-0.1, -0.05) is 18.2 Å². The summed E-state index contributed by atoms with van der Waals surface area (Å²) in [6.45, 7) is 0.753. The van der Waals surface area contributed by atoms with Crippen LogP contribution in [0.25, 0.3) is 6.08 Å². The summed E-state index contributed by atoms with van der Waals surface area (Å²) in [6, 6.07) is 11.6. The van der Waals surface area contributed by atoms with E-state index in [-0.39, 0.29) is 24.0 Å². The Kier molecular flexibility index (Phi) is 6.22. The molecule has 2 aromatic rings. The van der Waals surface area contributed by atoms with E-state index in [2.05, 4.69) is 0 Å². The van der Waals surface area contributed by atoms with Crippen LogP contribution in [0.2, 0.25) is 0 Å². The second-order valence-corrected chi connectivity index (χ2v) is 8.84. The van der Waals surface area contributed by atoms with Crippen LogP contribution in [-0.2, 0) is 21.4 Å². The lowest BCUT2D eigenvalue weighted by Gasteiger charge is -2.17. The summed E-state index contributed by atoms with van der Waals surface area (Å²) in [6.07, 6.45) is 3.72. The number of carbonyl (C=O) groups excluding carboxylic acids is 1. The van der Waals surface area contributed by atoms with Crippen LogP contribution in [0.5, 0.6) is 5.75 Å². The second-order valence-electron chi connectivity index (χ2n) is 6.83. The van der Waals surface area contributed by atoms with Crippen LogP contribution in [0.4, 0.5) is 10.1 Å². The fourth-order valence-corrected chi connectivity index (χ4v) is 4.70. The van der Waals surface area contributed by atoms with Crippen molar-refractivity contribution in [2.75, 3.05) is 30.8 Å². The minimum Gasteiger partial charge on any atom is -0.494 e. The van der Waals surface area contributed by atoms with Gasteiger partial charge in [0.15, 0.2) is 11.6 Å². The van der Waals surface area contributed by atoms with Gasteiger partial charge in [-0.15, -0.1) is 0 Å². The van der Waals surface area contributed by atoms with Crippen LogP contribution < -0.4 is 9.04 Å². The molecule has 1 saturated heterocycles. The smallest absolute Gasteiger partial charge is 0.246 e. The molecule has 0 spiro atoms. The highest BCUT2D eigenvalue weighted by atomic mass is 32.2. The van der Waals surface area contributed by atoms with E-state index in [1.165, 1.54) is 34.5 Å². The largest absolute Gasteiger partial charge is 0.494 e. The molecule has 2 aromatic carbocycles. The number of carbonyl (C=O) groups is 1. The molecule has 0 atom stereocenters. The van der Waals surface area contributed by atoms with Crippen molar-refractivity contribution in [1.29, 1.82) is 0 Å². The number of rotatable bonds is 6. The Hall–Kier alpha value is -2.87. The van der Waals surface area contributed by atoms with Crippen molar-refractivity contribution in [2.45, 2.75) is 13.0 Å². The van der Waals surface area contributed by atoms with Crippen molar-refractivity contribution in [2.24, 2.45) is 0 Å². The lowest BCUT2D eigenvalue weighted by molar-refractivity contribution is -0.125. The van der Waals surface area contributed by atoms with Crippen molar-refractivity contribution in [1.82, 2.24) is 4.90 Å². The van der Waals surface area contributed by atoms with Crippen LogP contribution in [0, 0.1) is 5.82 Å². The van der Waals surface area contributed by atoms with Gasteiger partial charge in [-0.25, -0.2) is 12.8 Å². The molecule has 0 aliphatic carbocycles. The number of anilines is 1. The van der Waals surface area contributed by atoms with E-state index in [1.807, 2.05) is 0 Å². The monoisotopic (exact) mass is 418 g/mol. The number of hydrogen-bond acceptors (Lipinski definition) is 4. The number of benzene rings is 2. The SMILES string of the molecule is COc1ccc(CN(C)C(=O)/C=C/c2ccc(N3CCCS3(=O)=O)cc2)cc1F. The van der Waals surface area contributed by atoms with Gasteiger partial charge in [-0.3, -0.25) is 9.10 Å². The third kappa shape index (κ3) is 4.95. The summed E-state index contributed by atoms with van der Waals surface area (Å²) < 4.78 is 44.0. The maximum absolute atomic E-state index is 13.8. The van der Waals surface area contributed by atoms with E-state index in [0.29, 0.717) is 24.2 Å². The van der Waals surface area contributed by atoms with Crippen LogP contribution in [-0.4, -0.2) is 45.7 Å². The molecule has 0 bridgehead atoms. The van der Waals surface area contributed by atoms with Gasteiger partial charge >= 0.3 is 0 Å². The quantitative estimate of drug-likeness (QED) is 0.677. The third-order valence-corrected chi connectivity index (χ3v) is 6.58. The van der Waals surface area contributed by atoms with E-state index in [9.17, 15) is 17.6 Å². The first kappa shape index (κ1) is 20.9. The number of sulfonamides is 1. The molecule has 1 heterocycles. The maximum Gasteiger partial charge on any atom is 0.246 e. The highest BCUT2D eigenvalue weighted by Crippen LogP contribution is 2.24. The molecule has 0 radical (unpaired) electrons. The van der Waals surface area contributed by atoms with Gasteiger partial charge in [0, 0.05) is 26.2 Å². The lowest BCUT2D eigenvalue weighted by atomic mass is 10.1. The first-order valence-electron chi connectivity index (χ1n) is 9.16. The van der Waals surface area contributed by atoms with E-state index in [4.69, 9.17) is 4.74 Å². The maximum atomic E-state index is 13.8. The van der Waals surface area contributed by atoms with Gasteiger partial charge in [-0.2, -0.15) is 0 Å². The molecule has 0 N–H and O–H groups in total. The van der Waals surface area contributed by atoms with Gasteiger partial charge < -0.3 is 9.64 Å². The number of methoxy groups -OCH3 is 1. The van der Waals surface area contributed by atoms with Crippen molar-refractivity contribution in [3.63, 3.8) is 0 Å². The fraction of sp³-hybridized carbons (Fsp3) is 0.286. The Morgan fingerprint density at radius 1 is 1.24 bits per heavy atom. The molecule has 3 rings (SSSR count). The highest BCUT2D eigenvalue weighted by Gasteiger charge is 2.28. The predicted molar refractivity (Wildman–Crippen MR) is 111 cm³/mol. The minimum absolute atomic E-state index is 0.160. The van der Waals surface area contributed by atoms with Crippen LogP contribution in [0.15, 0.2) is 48.5 Å². The van der Waals surface area contributed by atoms with E-state index >= 15 is 0 Å². The zero-order chi connectivity index (χ0) is 21.0. The van der Waals surface area contributed by atoms with E-state index in [1.54, 1.807) is 43.5 Å². The summed E-state index contributed by atoms with van der Waals surface area (Å²) in [5.41, 5.74) is 2.07. The average Bonchev–Trinajstić information content (AvgIpc) is 3.05. The second kappa shape index (κ2) is 8.65. The number of nitrogens with zero attached hydrogens (tertiary/aromatic N) is 2.